The summed E-state index contributed by atoms with van der Waals surface area (Å²) in [6.07, 6.45) is -2.03. The van der Waals surface area contributed by atoms with Crippen LogP contribution in [0.5, 0.6) is 0 Å². The van der Waals surface area contributed by atoms with Crippen LogP contribution in [0.2, 0.25) is 0 Å². The molecule has 5 atom stereocenters. The molecule has 0 amide bonds. The van der Waals surface area contributed by atoms with Gasteiger partial charge in [0.15, 0.2) is 0 Å². The molecule has 1 aliphatic rings. The zero-order valence-electron chi connectivity index (χ0n) is 15.1. The van der Waals surface area contributed by atoms with Crippen molar-refractivity contribution >= 4 is 29.7 Å². The van der Waals surface area contributed by atoms with Crippen LogP contribution in [0.15, 0.2) is 5.11 Å². The Morgan fingerprint density at radius 1 is 1.12 bits per heavy atom. The van der Waals surface area contributed by atoms with Gasteiger partial charge in [-0.15, -0.1) is 11.8 Å². The van der Waals surface area contributed by atoms with E-state index in [0.717, 1.165) is 6.42 Å². The molecule has 1 fully saturated rings. The van der Waals surface area contributed by atoms with Crippen LogP contribution in [0.25, 0.3) is 10.4 Å². The van der Waals surface area contributed by atoms with E-state index >= 15 is 0 Å². The predicted molar refractivity (Wildman–Crippen MR) is 92.1 cm³/mol. The summed E-state index contributed by atoms with van der Waals surface area (Å²) < 4.78 is 21.4. The lowest BCUT2D eigenvalue weighted by molar-refractivity contribution is -0.201. The van der Waals surface area contributed by atoms with Crippen LogP contribution in [0, 0.1) is 0 Å². The number of esters is 3. The minimum absolute atomic E-state index is 0.194. The quantitative estimate of drug-likeness (QED) is 0.202. The van der Waals surface area contributed by atoms with Gasteiger partial charge in [0.1, 0.15) is 36.4 Å². The van der Waals surface area contributed by atoms with Gasteiger partial charge in [-0.25, -0.2) is 0 Å². The molecule has 2 unspecified atom stereocenters. The summed E-state index contributed by atoms with van der Waals surface area (Å²) >= 11 is 1.37. The normalized spacial score (nSPS) is 27.8. The molecule has 0 aromatic carbocycles. The van der Waals surface area contributed by atoms with E-state index in [4.69, 9.17) is 24.5 Å². The lowest BCUT2D eigenvalue weighted by atomic mass is 9.97. The second-order valence-electron chi connectivity index (χ2n) is 5.56. The minimum atomic E-state index is -1.06. The summed E-state index contributed by atoms with van der Waals surface area (Å²) in [5.41, 5.74) is 8.27. The van der Waals surface area contributed by atoms with E-state index in [1.165, 1.54) is 32.5 Å². The molecule has 0 radical (unpaired) electrons. The maximum atomic E-state index is 11.5. The van der Waals surface area contributed by atoms with Crippen LogP contribution in [0.4, 0.5) is 0 Å². The van der Waals surface area contributed by atoms with Gasteiger partial charge in [-0.2, -0.15) is 0 Å². The SMILES string of the molecule is CCCS[C@H]1OC(COC(C)=O)[C@H](OC(C)=O)C(N=[N+]=[N-])[C@@H]1OC(C)=O. The van der Waals surface area contributed by atoms with Crippen molar-refractivity contribution in [3.8, 4) is 0 Å². The first-order valence-corrected chi connectivity index (χ1v) is 9.14. The third kappa shape index (κ3) is 6.74. The first-order chi connectivity index (χ1) is 12.3. The first-order valence-electron chi connectivity index (χ1n) is 8.09. The van der Waals surface area contributed by atoms with Crippen LogP contribution >= 0.6 is 11.8 Å². The Hall–Kier alpha value is -1.97. The Balaban J connectivity index is 3.20. The molecule has 0 saturated carbocycles. The maximum absolute atomic E-state index is 11.5. The molecule has 0 aromatic rings. The van der Waals surface area contributed by atoms with Gasteiger partial charge in [0.2, 0.25) is 0 Å². The number of carbonyl (C=O) groups excluding carboxylic acids is 3. The lowest BCUT2D eigenvalue weighted by Crippen LogP contribution is -2.59. The predicted octanol–water partition coefficient (Wildman–Crippen LogP) is 1.96. The average molecular weight is 389 g/mol. The molecule has 0 aromatic heterocycles. The molecule has 0 aliphatic carbocycles. The molecule has 146 valence electrons. The number of rotatable bonds is 8. The van der Waals surface area contributed by atoms with Crippen LogP contribution in [-0.2, 0) is 33.3 Å². The van der Waals surface area contributed by atoms with Crippen molar-refractivity contribution in [1.82, 2.24) is 0 Å². The highest BCUT2D eigenvalue weighted by atomic mass is 32.2. The van der Waals surface area contributed by atoms with Gasteiger partial charge < -0.3 is 18.9 Å². The van der Waals surface area contributed by atoms with Crippen molar-refractivity contribution in [1.29, 1.82) is 0 Å². The second-order valence-corrected chi connectivity index (χ2v) is 6.77. The van der Waals surface area contributed by atoms with E-state index in [2.05, 4.69) is 10.0 Å². The van der Waals surface area contributed by atoms with Gasteiger partial charge in [0.25, 0.3) is 0 Å². The van der Waals surface area contributed by atoms with Gasteiger partial charge in [-0.05, 0) is 17.7 Å². The van der Waals surface area contributed by atoms with E-state index in [1.807, 2.05) is 6.92 Å². The van der Waals surface area contributed by atoms with Crippen LogP contribution < -0.4 is 0 Å². The smallest absolute Gasteiger partial charge is 0.303 e. The third-order valence-corrected chi connectivity index (χ3v) is 4.69. The Morgan fingerprint density at radius 3 is 2.23 bits per heavy atom. The van der Waals surface area contributed by atoms with Crippen molar-refractivity contribution in [3.63, 3.8) is 0 Å². The Bertz CT molecular complexity index is 567. The molecule has 10 nitrogen and oxygen atoms in total. The molecule has 26 heavy (non-hydrogen) atoms. The largest absolute Gasteiger partial charge is 0.463 e. The zero-order valence-corrected chi connectivity index (χ0v) is 15.9. The summed E-state index contributed by atoms with van der Waals surface area (Å²) in [6, 6.07) is -1.02. The van der Waals surface area contributed by atoms with E-state index in [-0.39, 0.29) is 6.61 Å². The van der Waals surface area contributed by atoms with E-state index in [0.29, 0.717) is 5.75 Å². The molecular weight excluding hydrogens is 366 g/mol. The molecule has 0 spiro atoms. The van der Waals surface area contributed by atoms with Crippen molar-refractivity contribution in [3.05, 3.63) is 10.4 Å². The number of hydrogen-bond donors (Lipinski definition) is 0. The standard InChI is InChI=1S/C15H23N3O7S/c1-5-6-26-15-14(24-10(4)21)12(17-18-16)13(23-9(3)20)11(25-15)7-22-8(2)19/h11-15H,5-7H2,1-4H3/t11?,12?,13-,14-,15+/m0/s1. The lowest BCUT2D eigenvalue weighted by Gasteiger charge is -2.43. The summed E-state index contributed by atoms with van der Waals surface area (Å²) in [7, 11) is 0. The van der Waals surface area contributed by atoms with Crippen molar-refractivity contribution in [2.75, 3.05) is 12.4 Å². The summed E-state index contributed by atoms with van der Waals surface area (Å²) in [4.78, 5) is 36.9. The van der Waals surface area contributed by atoms with Crippen LogP contribution in [-0.4, -0.2) is 60.1 Å². The van der Waals surface area contributed by atoms with Crippen LogP contribution in [0.1, 0.15) is 34.1 Å². The number of hydrogen-bond acceptors (Lipinski definition) is 9. The average Bonchev–Trinajstić information content (AvgIpc) is 2.54. The summed E-state index contributed by atoms with van der Waals surface area (Å²) in [5.74, 6) is -1.05. The fourth-order valence-corrected chi connectivity index (χ4v) is 3.54. The summed E-state index contributed by atoms with van der Waals surface area (Å²) in [6.45, 7) is 5.43. The van der Waals surface area contributed by atoms with Crippen molar-refractivity contribution in [2.24, 2.45) is 5.11 Å². The highest BCUT2D eigenvalue weighted by Gasteiger charge is 2.49. The van der Waals surface area contributed by atoms with Gasteiger partial charge >= 0.3 is 17.9 Å². The monoisotopic (exact) mass is 389 g/mol. The number of thioether (sulfide) groups is 1. The highest BCUT2D eigenvalue weighted by molar-refractivity contribution is 7.99. The molecular formula is C15H23N3O7S. The van der Waals surface area contributed by atoms with Crippen molar-refractivity contribution < 1.29 is 33.3 Å². The van der Waals surface area contributed by atoms with E-state index < -0.39 is 47.7 Å². The Labute approximate surface area is 155 Å². The van der Waals surface area contributed by atoms with Crippen molar-refractivity contribution in [2.45, 2.75) is 63.9 Å². The fourth-order valence-electron chi connectivity index (χ4n) is 2.44. The number of carbonyl (C=O) groups is 3. The Kier molecular flexibility index (Phi) is 9.25. The molecule has 1 saturated heterocycles. The fraction of sp³-hybridized carbons (Fsp3) is 0.800. The number of azide groups is 1. The van der Waals surface area contributed by atoms with E-state index in [1.54, 1.807) is 0 Å². The molecule has 1 aliphatic heterocycles. The topological polar surface area (TPSA) is 137 Å². The third-order valence-electron chi connectivity index (χ3n) is 3.34. The second kappa shape index (κ2) is 10.9. The molecule has 0 bridgehead atoms. The molecule has 11 heteroatoms. The van der Waals surface area contributed by atoms with Gasteiger partial charge in [-0.3, -0.25) is 14.4 Å². The summed E-state index contributed by atoms with van der Waals surface area (Å²) in [5, 5.41) is 3.68. The van der Waals surface area contributed by atoms with Gasteiger partial charge in [0.05, 0.1) is 0 Å². The zero-order chi connectivity index (χ0) is 19.7. The number of nitrogens with zero attached hydrogens (tertiary/aromatic N) is 3. The molecule has 1 heterocycles. The Morgan fingerprint density at radius 2 is 1.73 bits per heavy atom. The molecule has 1 rings (SSSR count). The van der Waals surface area contributed by atoms with E-state index in [9.17, 15) is 14.4 Å². The number of ether oxygens (including phenoxy) is 4. The van der Waals surface area contributed by atoms with Gasteiger partial charge in [0, 0.05) is 25.7 Å². The molecule has 0 N–H and O–H groups in total. The highest BCUT2D eigenvalue weighted by Crippen LogP contribution is 2.34. The minimum Gasteiger partial charge on any atom is -0.463 e. The van der Waals surface area contributed by atoms with Gasteiger partial charge in [-0.1, -0.05) is 12.0 Å². The van der Waals surface area contributed by atoms with Crippen LogP contribution in [0.3, 0.4) is 0 Å². The first kappa shape index (κ1) is 22.1. The maximum Gasteiger partial charge on any atom is 0.303 e.